The highest BCUT2D eigenvalue weighted by Gasteiger charge is 2.25. The molecule has 0 spiro atoms. The van der Waals surface area contributed by atoms with Crippen LogP contribution in [0.5, 0.6) is 5.75 Å². The lowest BCUT2D eigenvalue weighted by Gasteiger charge is -2.20. The summed E-state index contributed by atoms with van der Waals surface area (Å²) in [5.41, 5.74) is 4.87. The van der Waals surface area contributed by atoms with E-state index in [9.17, 15) is 22.3 Å². The fourth-order valence-electron chi connectivity index (χ4n) is 4.59. The number of aliphatic imine (C=N–C) groups is 1. The maximum Gasteiger partial charge on any atom is 0.243 e. The summed E-state index contributed by atoms with van der Waals surface area (Å²) in [6, 6.07) is 16.7. The van der Waals surface area contributed by atoms with E-state index in [0.29, 0.717) is 29.4 Å². The number of allylic oxidation sites excluding steroid dienone is 6. The lowest BCUT2D eigenvalue weighted by atomic mass is 9.92. The van der Waals surface area contributed by atoms with Gasteiger partial charge in [-0.2, -0.15) is 0 Å². The van der Waals surface area contributed by atoms with Crippen LogP contribution in [0.15, 0.2) is 111 Å². The molecule has 0 unspecified atom stereocenters. The number of sulfonamides is 1. The van der Waals surface area contributed by atoms with Gasteiger partial charge in [0.1, 0.15) is 22.3 Å². The molecule has 40 heavy (non-hydrogen) atoms. The number of benzene rings is 3. The molecule has 3 aromatic rings. The van der Waals surface area contributed by atoms with Gasteiger partial charge in [0.15, 0.2) is 0 Å². The molecule has 0 saturated carbocycles. The molecule has 0 fully saturated rings. The molecule has 0 bridgehead atoms. The second-order valence-electron chi connectivity index (χ2n) is 9.53. The van der Waals surface area contributed by atoms with Gasteiger partial charge in [-0.3, -0.25) is 4.99 Å². The van der Waals surface area contributed by atoms with E-state index in [1.54, 1.807) is 24.3 Å². The molecule has 6 nitrogen and oxygen atoms in total. The number of halogens is 3. The fraction of sp³-hybridized carbons (Fsp3) is 0.167. The first-order chi connectivity index (χ1) is 19.2. The number of fused-ring (bicyclic) bond motifs is 1. The Morgan fingerprint density at radius 3 is 2.48 bits per heavy atom. The molecule has 0 amide bonds. The third-order valence-electron chi connectivity index (χ3n) is 6.71. The van der Waals surface area contributed by atoms with Crippen molar-refractivity contribution in [3.05, 3.63) is 129 Å². The Hall–Kier alpha value is -3.60. The van der Waals surface area contributed by atoms with Crippen molar-refractivity contribution >= 4 is 31.7 Å². The van der Waals surface area contributed by atoms with Crippen LogP contribution in [0, 0.1) is 17.6 Å². The van der Waals surface area contributed by atoms with Gasteiger partial charge in [0.05, 0.1) is 11.4 Å². The van der Waals surface area contributed by atoms with Crippen molar-refractivity contribution in [1.29, 1.82) is 0 Å². The molecule has 1 atom stereocenters. The summed E-state index contributed by atoms with van der Waals surface area (Å²) in [6.45, 7) is 0.444. The number of nitrogens with one attached hydrogen (secondary N) is 2. The van der Waals surface area contributed by atoms with Gasteiger partial charge >= 0.3 is 0 Å². The van der Waals surface area contributed by atoms with Gasteiger partial charge in [0, 0.05) is 34.8 Å². The van der Waals surface area contributed by atoms with Gasteiger partial charge in [-0.15, -0.1) is 0 Å². The van der Waals surface area contributed by atoms with Crippen molar-refractivity contribution in [1.82, 2.24) is 10.0 Å². The molecule has 1 heterocycles. The van der Waals surface area contributed by atoms with Crippen LogP contribution in [-0.2, 0) is 23.1 Å². The summed E-state index contributed by atoms with van der Waals surface area (Å²) in [4.78, 5) is 4.19. The van der Waals surface area contributed by atoms with Crippen LogP contribution < -0.4 is 10.0 Å². The molecule has 0 saturated heterocycles. The van der Waals surface area contributed by atoms with Crippen molar-refractivity contribution in [2.24, 2.45) is 10.9 Å². The number of phenolic OH excluding ortho intramolecular Hbond substituents is 1. The minimum absolute atomic E-state index is 0.0727. The molecule has 0 radical (unpaired) electrons. The number of hydrogen-bond donors (Lipinski definition) is 3. The summed E-state index contributed by atoms with van der Waals surface area (Å²) >= 11 is 3.63. The minimum atomic E-state index is -4.22. The highest BCUT2D eigenvalue weighted by Crippen LogP contribution is 2.36. The van der Waals surface area contributed by atoms with E-state index in [0.717, 1.165) is 46.4 Å². The van der Waals surface area contributed by atoms with E-state index in [4.69, 9.17) is 4.99 Å². The summed E-state index contributed by atoms with van der Waals surface area (Å²) in [6.07, 6.45) is 7.69. The van der Waals surface area contributed by atoms with Crippen LogP contribution >= 0.6 is 15.9 Å². The van der Waals surface area contributed by atoms with Crippen molar-refractivity contribution in [3.63, 3.8) is 0 Å². The monoisotopic (exact) mass is 625 g/mol. The Balaban J connectivity index is 1.28. The maximum absolute atomic E-state index is 13.9. The van der Waals surface area contributed by atoms with E-state index in [-0.39, 0.29) is 18.2 Å². The molecular weight excluding hydrogens is 600 g/mol. The molecule has 3 aromatic carbocycles. The third kappa shape index (κ3) is 6.41. The first kappa shape index (κ1) is 27.9. The summed E-state index contributed by atoms with van der Waals surface area (Å²) in [5, 5.41) is 14.0. The third-order valence-corrected chi connectivity index (χ3v) is 8.79. The first-order valence-electron chi connectivity index (χ1n) is 12.6. The second kappa shape index (κ2) is 11.9. The summed E-state index contributed by atoms with van der Waals surface area (Å²) in [5.74, 6) is -1.51. The van der Waals surface area contributed by atoms with Crippen LogP contribution in [0.25, 0.3) is 0 Å². The molecule has 5 rings (SSSR count). The largest absolute Gasteiger partial charge is 0.507 e. The normalized spacial score (nSPS) is 17.1. The van der Waals surface area contributed by atoms with Crippen LogP contribution in [0.1, 0.15) is 29.5 Å². The van der Waals surface area contributed by atoms with Gasteiger partial charge in [0.25, 0.3) is 0 Å². The summed E-state index contributed by atoms with van der Waals surface area (Å²) in [7, 11) is -4.22. The van der Waals surface area contributed by atoms with Gasteiger partial charge < -0.3 is 10.4 Å². The Bertz CT molecular complexity index is 1670. The SMILES string of the molecule is O=S(=O)(NCc1ccc(CNC2=CC(c3ccccc3O)=NC3=C(Br)C=CC[C@@H]3C2)cc1)c1cc(F)ccc1F. The Kier molecular flexibility index (Phi) is 8.30. The topological polar surface area (TPSA) is 90.8 Å². The zero-order valence-corrected chi connectivity index (χ0v) is 23.6. The molecule has 1 aliphatic carbocycles. The lowest BCUT2D eigenvalue weighted by Crippen LogP contribution is -2.24. The Morgan fingerprint density at radius 1 is 1.00 bits per heavy atom. The Labute approximate surface area is 240 Å². The van der Waals surface area contributed by atoms with Crippen LogP contribution in [0.3, 0.4) is 0 Å². The van der Waals surface area contributed by atoms with Gasteiger partial charge in [-0.05, 0) is 76.3 Å². The van der Waals surface area contributed by atoms with E-state index < -0.39 is 26.6 Å². The highest BCUT2D eigenvalue weighted by atomic mass is 79.9. The number of nitrogens with zero attached hydrogens (tertiary/aromatic N) is 1. The number of rotatable bonds is 8. The number of phenols is 1. The molecular formula is C30H26BrF2N3O3S. The zero-order chi connectivity index (χ0) is 28.3. The van der Waals surface area contributed by atoms with E-state index in [1.165, 1.54) is 0 Å². The minimum Gasteiger partial charge on any atom is -0.507 e. The standard InChI is InChI=1S/C30H26BrF2N3O3S/c31-25-6-3-4-21-14-23(16-27(36-30(21)25)24-5-1-2-7-28(24)37)34-17-19-8-10-20(11-9-19)18-35-40(38,39)29-15-22(32)12-13-26(29)33/h1-3,5-13,15-16,21,34-35,37H,4,14,17-18H2/t21-/m1/s1. The van der Waals surface area contributed by atoms with E-state index >= 15 is 0 Å². The fourth-order valence-corrected chi connectivity index (χ4v) is 6.29. The van der Waals surface area contributed by atoms with Crippen LogP contribution in [0.2, 0.25) is 0 Å². The smallest absolute Gasteiger partial charge is 0.243 e. The first-order valence-corrected chi connectivity index (χ1v) is 14.9. The molecule has 3 N–H and O–H groups in total. The van der Waals surface area contributed by atoms with Gasteiger partial charge in [0.2, 0.25) is 10.0 Å². The molecule has 2 aliphatic rings. The predicted molar refractivity (Wildman–Crippen MR) is 154 cm³/mol. The average Bonchev–Trinajstić information content (AvgIpc) is 3.13. The quantitative estimate of drug-likeness (QED) is 0.278. The van der Waals surface area contributed by atoms with Gasteiger partial charge in [-0.1, -0.05) is 48.6 Å². The maximum atomic E-state index is 13.9. The van der Waals surface area contributed by atoms with Gasteiger partial charge in [-0.25, -0.2) is 21.9 Å². The van der Waals surface area contributed by atoms with Crippen molar-refractivity contribution in [3.8, 4) is 5.75 Å². The number of aromatic hydroxyl groups is 1. The second-order valence-corrected chi connectivity index (χ2v) is 12.1. The predicted octanol–water partition coefficient (Wildman–Crippen LogP) is 6.20. The van der Waals surface area contributed by atoms with Crippen LogP contribution in [0.4, 0.5) is 8.78 Å². The molecule has 10 heteroatoms. The highest BCUT2D eigenvalue weighted by molar-refractivity contribution is 9.11. The molecule has 206 valence electrons. The molecule has 1 aliphatic heterocycles. The van der Waals surface area contributed by atoms with Crippen molar-refractivity contribution < 1.29 is 22.3 Å². The van der Waals surface area contributed by atoms with Crippen molar-refractivity contribution in [2.75, 3.05) is 0 Å². The van der Waals surface area contributed by atoms with Crippen LogP contribution in [-0.4, -0.2) is 19.2 Å². The van der Waals surface area contributed by atoms with E-state index in [1.807, 2.05) is 36.4 Å². The zero-order valence-electron chi connectivity index (χ0n) is 21.2. The average molecular weight is 627 g/mol. The number of para-hydroxylation sites is 1. The van der Waals surface area contributed by atoms with E-state index in [2.05, 4.69) is 32.0 Å². The van der Waals surface area contributed by atoms with Crippen molar-refractivity contribution in [2.45, 2.75) is 30.8 Å². The lowest BCUT2D eigenvalue weighted by molar-refractivity contribution is 0.474. The molecule has 0 aromatic heterocycles. The number of hydrogen-bond acceptors (Lipinski definition) is 5. The Morgan fingerprint density at radius 2 is 1.73 bits per heavy atom. The summed E-state index contributed by atoms with van der Waals surface area (Å²) < 4.78 is 55.5.